The van der Waals surface area contributed by atoms with E-state index in [0.717, 1.165) is 18.5 Å². The molecule has 0 spiro atoms. The Morgan fingerprint density at radius 2 is 2.14 bits per heavy atom. The lowest BCUT2D eigenvalue weighted by molar-refractivity contribution is 0.0934. The molecule has 0 radical (unpaired) electrons. The topological polar surface area (TPSA) is 79.8 Å². The summed E-state index contributed by atoms with van der Waals surface area (Å²) in [6.45, 7) is 4.81. The van der Waals surface area contributed by atoms with Gasteiger partial charge in [0, 0.05) is 18.9 Å². The van der Waals surface area contributed by atoms with Crippen molar-refractivity contribution in [3.8, 4) is 0 Å². The zero-order valence-corrected chi connectivity index (χ0v) is 12.2. The van der Waals surface area contributed by atoms with E-state index >= 15 is 0 Å². The number of pyridine rings is 1. The Balaban J connectivity index is 1.97. The molecule has 2 rings (SSSR count). The van der Waals surface area contributed by atoms with E-state index < -0.39 is 0 Å². The Morgan fingerprint density at radius 1 is 1.29 bits per heavy atom. The highest BCUT2D eigenvalue weighted by Gasteiger charge is 2.13. The van der Waals surface area contributed by atoms with Gasteiger partial charge >= 0.3 is 0 Å². The van der Waals surface area contributed by atoms with Gasteiger partial charge in [0.25, 0.3) is 5.91 Å². The van der Waals surface area contributed by atoms with Crippen molar-refractivity contribution in [2.45, 2.75) is 26.3 Å². The van der Waals surface area contributed by atoms with Gasteiger partial charge in [0.05, 0.1) is 6.04 Å². The molecule has 6 heteroatoms. The average Bonchev–Trinajstić information content (AvgIpc) is 2.54. The van der Waals surface area contributed by atoms with Crippen LogP contribution in [0.1, 0.15) is 42.4 Å². The molecule has 0 saturated heterocycles. The molecule has 0 aliphatic carbocycles. The molecule has 6 nitrogen and oxygen atoms in total. The first kappa shape index (κ1) is 14.9. The maximum atomic E-state index is 12.1. The molecule has 2 aromatic heterocycles. The van der Waals surface area contributed by atoms with Gasteiger partial charge in [-0.2, -0.15) is 0 Å². The van der Waals surface area contributed by atoms with Crippen LogP contribution < -0.4 is 10.6 Å². The highest BCUT2D eigenvalue weighted by molar-refractivity contribution is 5.92. The van der Waals surface area contributed by atoms with Gasteiger partial charge in [-0.3, -0.25) is 9.78 Å². The monoisotopic (exact) mass is 285 g/mol. The minimum absolute atomic E-state index is 0.133. The first-order valence-electron chi connectivity index (χ1n) is 6.99. The summed E-state index contributed by atoms with van der Waals surface area (Å²) in [6.07, 6.45) is 4.44. The second-order valence-corrected chi connectivity index (χ2v) is 4.71. The molecule has 2 aromatic rings. The van der Waals surface area contributed by atoms with Crippen molar-refractivity contribution >= 4 is 11.7 Å². The van der Waals surface area contributed by atoms with Crippen LogP contribution >= 0.6 is 0 Å². The van der Waals surface area contributed by atoms with Crippen LogP contribution in [0.5, 0.6) is 0 Å². The lowest BCUT2D eigenvalue weighted by atomic mass is 10.1. The quantitative estimate of drug-likeness (QED) is 0.850. The number of nitrogens with zero attached hydrogens (tertiary/aromatic N) is 3. The van der Waals surface area contributed by atoms with Crippen molar-refractivity contribution < 1.29 is 4.79 Å². The Labute approximate surface area is 124 Å². The molecule has 1 unspecified atom stereocenters. The van der Waals surface area contributed by atoms with E-state index in [1.807, 2.05) is 19.1 Å². The molecule has 0 bridgehead atoms. The summed E-state index contributed by atoms with van der Waals surface area (Å²) >= 11 is 0. The molecule has 2 N–H and O–H groups in total. The summed E-state index contributed by atoms with van der Waals surface area (Å²) in [7, 11) is 0. The van der Waals surface area contributed by atoms with Crippen LogP contribution in [0, 0.1) is 0 Å². The normalized spacial score (nSPS) is 11.7. The molecule has 0 fully saturated rings. The number of hydrogen-bond donors (Lipinski definition) is 2. The summed E-state index contributed by atoms with van der Waals surface area (Å²) in [5.41, 5.74) is 1.24. The minimum Gasteiger partial charge on any atom is -0.369 e. The first-order chi connectivity index (χ1) is 10.2. The number of nitrogens with one attached hydrogen (secondary N) is 2. The first-order valence-corrected chi connectivity index (χ1v) is 6.99. The van der Waals surface area contributed by atoms with Crippen molar-refractivity contribution in [3.63, 3.8) is 0 Å². The van der Waals surface area contributed by atoms with Crippen molar-refractivity contribution in [1.82, 2.24) is 20.5 Å². The van der Waals surface area contributed by atoms with Gasteiger partial charge < -0.3 is 10.6 Å². The molecular weight excluding hydrogens is 266 g/mol. The molecule has 2 heterocycles. The van der Waals surface area contributed by atoms with Crippen molar-refractivity contribution in [3.05, 3.63) is 47.9 Å². The Morgan fingerprint density at radius 3 is 2.76 bits per heavy atom. The molecular formula is C15H19N5O. The maximum absolute atomic E-state index is 12.1. The predicted molar refractivity (Wildman–Crippen MR) is 80.9 cm³/mol. The SMILES string of the molecule is CCCNc1ccc(C(=O)NC(C)c2cccnc2)nn1. The van der Waals surface area contributed by atoms with Gasteiger partial charge in [-0.1, -0.05) is 13.0 Å². The molecule has 110 valence electrons. The van der Waals surface area contributed by atoms with Crippen molar-refractivity contribution in [2.24, 2.45) is 0 Å². The standard InChI is InChI=1S/C15H19N5O/c1-3-8-17-14-7-6-13(19-20-14)15(21)18-11(2)12-5-4-9-16-10-12/h4-7,9-11H,3,8H2,1-2H3,(H,17,20)(H,18,21). The fraction of sp³-hybridized carbons (Fsp3) is 0.333. The largest absolute Gasteiger partial charge is 0.369 e. The van der Waals surface area contributed by atoms with Gasteiger partial charge in [0.2, 0.25) is 0 Å². The van der Waals surface area contributed by atoms with Gasteiger partial charge in [-0.25, -0.2) is 0 Å². The number of rotatable bonds is 6. The molecule has 1 amide bonds. The van der Waals surface area contributed by atoms with Crippen LogP contribution in [-0.4, -0.2) is 27.6 Å². The van der Waals surface area contributed by atoms with Gasteiger partial charge in [-0.05, 0) is 37.1 Å². The van der Waals surface area contributed by atoms with Crippen LogP contribution in [0.15, 0.2) is 36.7 Å². The molecule has 21 heavy (non-hydrogen) atoms. The molecule has 0 saturated carbocycles. The van der Waals surface area contributed by atoms with E-state index in [0.29, 0.717) is 11.5 Å². The molecule has 0 aliphatic rings. The molecule has 0 aromatic carbocycles. The highest BCUT2D eigenvalue weighted by atomic mass is 16.2. The number of anilines is 1. The fourth-order valence-corrected chi connectivity index (χ4v) is 1.79. The lowest BCUT2D eigenvalue weighted by Crippen LogP contribution is -2.27. The minimum atomic E-state index is -0.249. The Kier molecular flexibility index (Phi) is 5.20. The Bertz CT molecular complexity index is 570. The lowest BCUT2D eigenvalue weighted by Gasteiger charge is -2.13. The number of hydrogen-bond acceptors (Lipinski definition) is 5. The van der Waals surface area contributed by atoms with Crippen LogP contribution in [-0.2, 0) is 0 Å². The van der Waals surface area contributed by atoms with E-state index in [1.54, 1.807) is 24.5 Å². The average molecular weight is 285 g/mol. The van der Waals surface area contributed by atoms with Gasteiger partial charge in [-0.15, -0.1) is 10.2 Å². The second kappa shape index (κ2) is 7.33. The fourth-order valence-electron chi connectivity index (χ4n) is 1.79. The third kappa shape index (κ3) is 4.24. The van der Waals surface area contributed by atoms with Crippen LogP contribution in [0.2, 0.25) is 0 Å². The molecule has 1 atom stereocenters. The van der Waals surface area contributed by atoms with E-state index in [9.17, 15) is 4.79 Å². The zero-order chi connectivity index (χ0) is 15.1. The van der Waals surface area contributed by atoms with E-state index in [-0.39, 0.29) is 11.9 Å². The number of amides is 1. The van der Waals surface area contributed by atoms with E-state index in [2.05, 4.69) is 32.7 Å². The number of carbonyl (C=O) groups is 1. The predicted octanol–water partition coefficient (Wildman–Crippen LogP) is 2.18. The van der Waals surface area contributed by atoms with Crippen LogP contribution in [0.3, 0.4) is 0 Å². The van der Waals surface area contributed by atoms with Crippen molar-refractivity contribution in [1.29, 1.82) is 0 Å². The van der Waals surface area contributed by atoms with Gasteiger partial charge in [0.15, 0.2) is 5.69 Å². The summed E-state index contributed by atoms with van der Waals surface area (Å²) < 4.78 is 0. The number of carbonyl (C=O) groups excluding carboxylic acids is 1. The summed E-state index contributed by atoms with van der Waals surface area (Å²) in [5.74, 6) is 0.426. The summed E-state index contributed by atoms with van der Waals surface area (Å²) in [5, 5.41) is 13.9. The highest BCUT2D eigenvalue weighted by Crippen LogP contribution is 2.11. The zero-order valence-electron chi connectivity index (χ0n) is 12.2. The van der Waals surface area contributed by atoms with Crippen LogP contribution in [0.4, 0.5) is 5.82 Å². The van der Waals surface area contributed by atoms with E-state index in [1.165, 1.54) is 0 Å². The summed E-state index contributed by atoms with van der Waals surface area (Å²) in [4.78, 5) is 16.1. The van der Waals surface area contributed by atoms with Gasteiger partial charge in [0.1, 0.15) is 5.82 Å². The third-order valence-electron chi connectivity index (χ3n) is 2.99. The third-order valence-corrected chi connectivity index (χ3v) is 2.99. The summed E-state index contributed by atoms with van der Waals surface area (Å²) in [6, 6.07) is 7.04. The van der Waals surface area contributed by atoms with E-state index in [4.69, 9.17) is 0 Å². The second-order valence-electron chi connectivity index (χ2n) is 4.71. The molecule has 0 aliphatic heterocycles. The number of aromatic nitrogens is 3. The Hall–Kier alpha value is -2.50. The maximum Gasteiger partial charge on any atom is 0.272 e. The van der Waals surface area contributed by atoms with Crippen LogP contribution in [0.25, 0.3) is 0 Å². The smallest absolute Gasteiger partial charge is 0.272 e. The van der Waals surface area contributed by atoms with Crippen molar-refractivity contribution in [2.75, 3.05) is 11.9 Å².